The van der Waals surface area contributed by atoms with Gasteiger partial charge < -0.3 is 10.4 Å². The molecule has 0 saturated carbocycles. The van der Waals surface area contributed by atoms with Crippen LogP contribution in [0, 0.1) is 6.92 Å². The van der Waals surface area contributed by atoms with Gasteiger partial charge in [-0.05, 0) is 29.7 Å². The molecule has 1 aliphatic rings. The summed E-state index contributed by atoms with van der Waals surface area (Å²) in [6.45, 7) is 2.07. The molecule has 1 aromatic heterocycles. The molecule has 3 heteroatoms. The van der Waals surface area contributed by atoms with Crippen LogP contribution in [0.2, 0.25) is 0 Å². The summed E-state index contributed by atoms with van der Waals surface area (Å²) in [5, 5.41) is 15.0. The standard InChI is InChI=1S/C19H18N2O/c1-12-5-4-8-15-16(9-10-20-18(12)15)21-19-14-7-3-2-6-13(14)11-17(19)22/h2-10,17,19,22H,11H2,1H3,(H,20,21)/t17-,19+/m1/s1. The van der Waals surface area contributed by atoms with Crippen LogP contribution in [0.4, 0.5) is 5.69 Å². The molecule has 1 aliphatic carbocycles. The summed E-state index contributed by atoms with van der Waals surface area (Å²) in [7, 11) is 0. The van der Waals surface area contributed by atoms with E-state index in [2.05, 4.69) is 41.5 Å². The van der Waals surface area contributed by atoms with Gasteiger partial charge in [-0.2, -0.15) is 0 Å². The zero-order valence-electron chi connectivity index (χ0n) is 12.5. The predicted octanol–water partition coefficient (Wildman–Crippen LogP) is 3.61. The van der Waals surface area contributed by atoms with Crippen molar-refractivity contribution in [2.45, 2.75) is 25.5 Å². The molecule has 0 bridgehead atoms. The van der Waals surface area contributed by atoms with E-state index < -0.39 is 6.10 Å². The number of nitrogens with one attached hydrogen (secondary N) is 1. The third kappa shape index (κ3) is 2.06. The number of hydrogen-bond acceptors (Lipinski definition) is 3. The summed E-state index contributed by atoms with van der Waals surface area (Å²) < 4.78 is 0. The van der Waals surface area contributed by atoms with Gasteiger partial charge >= 0.3 is 0 Å². The molecule has 2 N–H and O–H groups in total. The van der Waals surface area contributed by atoms with Gasteiger partial charge in [0.1, 0.15) is 0 Å². The van der Waals surface area contributed by atoms with E-state index in [1.165, 1.54) is 11.1 Å². The average Bonchev–Trinajstić information content (AvgIpc) is 2.84. The fraction of sp³-hybridized carbons (Fsp3) is 0.211. The minimum absolute atomic E-state index is 0.0673. The summed E-state index contributed by atoms with van der Waals surface area (Å²) in [5.41, 5.74) is 5.60. The Morgan fingerprint density at radius 3 is 2.86 bits per heavy atom. The Morgan fingerprint density at radius 2 is 1.95 bits per heavy atom. The van der Waals surface area contributed by atoms with Gasteiger partial charge in [0.15, 0.2) is 0 Å². The molecule has 0 amide bonds. The number of aliphatic hydroxyl groups excluding tert-OH is 1. The van der Waals surface area contributed by atoms with Gasteiger partial charge in [-0.1, -0.05) is 42.5 Å². The normalized spacial score (nSPS) is 20.1. The number of rotatable bonds is 2. The Bertz CT molecular complexity index is 844. The third-order valence-electron chi connectivity index (χ3n) is 4.49. The largest absolute Gasteiger partial charge is 0.390 e. The highest BCUT2D eigenvalue weighted by Crippen LogP contribution is 2.35. The summed E-state index contributed by atoms with van der Waals surface area (Å²) in [6, 6.07) is 16.3. The van der Waals surface area contributed by atoms with Crippen LogP contribution in [-0.4, -0.2) is 16.2 Å². The van der Waals surface area contributed by atoms with Gasteiger partial charge in [0, 0.05) is 23.7 Å². The summed E-state index contributed by atoms with van der Waals surface area (Å²) >= 11 is 0. The lowest BCUT2D eigenvalue weighted by Crippen LogP contribution is -2.21. The van der Waals surface area contributed by atoms with Crippen molar-refractivity contribution in [1.82, 2.24) is 4.98 Å². The minimum atomic E-state index is -0.398. The molecule has 1 heterocycles. The molecule has 0 saturated heterocycles. The summed E-state index contributed by atoms with van der Waals surface area (Å²) in [4.78, 5) is 4.48. The smallest absolute Gasteiger partial charge is 0.0823 e. The Hall–Kier alpha value is -2.39. The molecule has 0 aliphatic heterocycles. The molecule has 110 valence electrons. The van der Waals surface area contributed by atoms with Crippen molar-refractivity contribution in [2.75, 3.05) is 5.32 Å². The Kier molecular flexibility index (Phi) is 3.09. The van der Waals surface area contributed by atoms with E-state index in [0.29, 0.717) is 6.42 Å². The lowest BCUT2D eigenvalue weighted by Gasteiger charge is -2.20. The van der Waals surface area contributed by atoms with Crippen LogP contribution >= 0.6 is 0 Å². The number of pyridine rings is 1. The van der Waals surface area contributed by atoms with E-state index in [9.17, 15) is 5.11 Å². The van der Waals surface area contributed by atoms with Crippen LogP contribution in [0.25, 0.3) is 10.9 Å². The molecular formula is C19H18N2O. The number of para-hydroxylation sites is 1. The molecular weight excluding hydrogens is 272 g/mol. The predicted molar refractivity (Wildman–Crippen MR) is 89.0 cm³/mol. The van der Waals surface area contributed by atoms with E-state index >= 15 is 0 Å². The van der Waals surface area contributed by atoms with Crippen LogP contribution in [0.1, 0.15) is 22.7 Å². The van der Waals surface area contributed by atoms with Gasteiger partial charge in [-0.15, -0.1) is 0 Å². The zero-order valence-corrected chi connectivity index (χ0v) is 12.5. The molecule has 4 rings (SSSR count). The number of benzene rings is 2. The summed E-state index contributed by atoms with van der Waals surface area (Å²) in [5.74, 6) is 0. The number of fused-ring (bicyclic) bond motifs is 2. The van der Waals surface area contributed by atoms with Gasteiger partial charge in [0.25, 0.3) is 0 Å². The van der Waals surface area contributed by atoms with Crippen molar-refractivity contribution in [1.29, 1.82) is 0 Å². The highest BCUT2D eigenvalue weighted by Gasteiger charge is 2.30. The molecule has 0 radical (unpaired) electrons. The lowest BCUT2D eigenvalue weighted by molar-refractivity contribution is 0.166. The number of anilines is 1. The van der Waals surface area contributed by atoms with Crippen molar-refractivity contribution in [3.05, 3.63) is 71.4 Å². The highest BCUT2D eigenvalue weighted by atomic mass is 16.3. The van der Waals surface area contributed by atoms with Gasteiger partial charge in [-0.3, -0.25) is 4.98 Å². The molecule has 3 aromatic rings. The van der Waals surface area contributed by atoms with Crippen LogP contribution in [0.3, 0.4) is 0 Å². The lowest BCUT2D eigenvalue weighted by atomic mass is 10.1. The molecule has 0 fully saturated rings. The maximum atomic E-state index is 10.4. The first-order valence-corrected chi connectivity index (χ1v) is 7.61. The SMILES string of the molecule is Cc1cccc2c(N[C@H]3c4ccccc4C[C@H]3O)ccnc12. The second-order valence-corrected chi connectivity index (χ2v) is 5.92. The fourth-order valence-corrected chi connectivity index (χ4v) is 3.37. The van der Waals surface area contributed by atoms with Crippen LogP contribution in [0.5, 0.6) is 0 Å². The second-order valence-electron chi connectivity index (χ2n) is 5.92. The van der Waals surface area contributed by atoms with Crippen LogP contribution < -0.4 is 5.32 Å². The van der Waals surface area contributed by atoms with Gasteiger partial charge in [0.2, 0.25) is 0 Å². The van der Waals surface area contributed by atoms with E-state index in [1.54, 1.807) is 0 Å². The monoisotopic (exact) mass is 290 g/mol. The van der Waals surface area contributed by atoms with E-state index in [-0.39, 0.29) is 6.04 Å². The van der Waals surface area contributed by atoms with Crippen molar-refractivity contribution in [3.63, 3.8) is 0 Å². The molecule has 0 spiro atoms. The quantitative estimate of drug-likeness (QED) is 0.758. The van der Waals surface area contributed by atoms with E-state index in [1.807, 2.05) is 30.5 Å². The second kappa shape index (κ2) is 5.11. The first-order chi connectivity index (χ1) is 10.7. The Labute approximate surface area is 129 Å². The number of aromatic nitrogens is 1. The Morgan fingerprint density at radius 1 is 1.09 bits per heavy atom. The maximum absolute atomic E-state index is 10.4. The number of aliphatic hydroxyl groups is 1. The molecule has 22 heavy (non-hydrogen) atoms. The van der Waals surface area contributed by atoms with Crippen molar-refractivity contribution in [3.8, 4) is 0 Å². The van der Waals surface area contributed by atoms with Crippen molar-refractivity contribution in [2.24, 2.45) is 0 Å². The average molecular weight is 290 g/mol. The van der Waals surface area contributed by atoms with E-state index in [0.717, 1.165) is 22.2 Å². The van der Waals surface area contributed by atoms with Gasteiger partial charge in [-0.25, -0.2) is 0 Å². The van der Waals surface area contributed by atoms with Gasteiger partial charge in [0.05, 0.1) is 17.7 Å². The van der Waals surface area contributed by atoms with Crippen LogP contribution in [0.15, 0.2) is 54.7 Å². The first-order valence-electron chi connectivity index (χ1n) is 7.61. The summed E-state index contributed by atoms with van der Waals surface area (Å²) in [6.07, 6.45) is 2.13. The number of nitrogens with zero attached hydrogens (tertiary/aromatic N) is 1. The third-order valence-corrected chi connectivity index (χ3v) is 4.49. The molecule has 3 nitrogen and oxygen atoms in total. The molecule has 2 atom stereocenters. The number of aryl methyl sites for hydroxylation is 1. The van der Waals surface area contributed by atoms with Crippen molar-refractivity contribution < 1.29 is 5.11 Å². The molecule has 2 aromatic carbocycles. The van der Waals surface area contributed by atoms with Crippen molar-refractivity contribution >= 4 is 16.6 Å². The fourth-order valence-electron chi connectivity index (χ4n) is 3.37. The minimum Gasteiger partial charge on any atom is -0.390 e. The number of hydrogen-bond donors (Lipinski definition) is 2. The van der Waals surface area contributed by atoms with Crippen LogP contribution in [-0.2, 0) is 6.42 Å². The maximum Gasteiger partial charge on any atom is 0.0823 e. The highest BCUT2D eigenvalue weighted by molar-refractivity contribution is 5.93. The topological polar surface area (TPSA) is 45.1 Å². The zero-order chi connectivity index (χ0) is 15.1. The first kappa shape index (κ1) is 13.3. The van der Waals surface area contributed by atoms with E-state index in [4.69, 9.17) is 0 Å². The Balaban J connectivity index is 1.77. The molecule has 0 unspecified atom stereocenters.